The Hall–Kier alpha value is -3.36. The van der Waals surface area contributed by atoms with E-state index in [1.54, 1.807) is 36.9 Å². The van der Waals surface area contributed by atoms with Crippen LogP contribution in [0.25, 0.3) is 5.65 Å². The van der Waals surface area contributed by atoms with Crippen LogP contribution in [0.4, 0.5) is 11.5 Å². The lowest BCUT2D eigenvalue weighted by molar-refractivity contribution is -0.116. The van der Waals surface area contributed by atoms with Crippen molar-refractivity contribution in [3.05, 3.63) is 36.2 Å². The average Bonchev–Trinajstić information content (AvgIpc) is 3.41. The number of nitrogens with zero attached hydrogens (tertiary/aromatic N) is 5. The molecule has 3 heterocycles. The van der Waals surface area contributed by atoms with Crippen molar-refractivity contribution in [1.29, 1.82) is 0 Å². The standard InChI is InChI=1S/C20H24N6O3/c1-28-15-11-14(12-16(13-15)29-2)21-20(27)8-7-18-23-22-17-5-6-19(24-26(17)18)25-9-3-4-10-25/h5-6,11-13H,3-4,7-10H2,1-2H3,(H,21,27). The summed E-state index contributed by atoms with van der Waals surface area (Å²) in [5, 5.41) is 15.9. The van der Waals surface area contributed by atoms with Gasteiger partial charge in [0.15, 0.2) is 11.5 Å². The van der Waals surface area contributed by atoms with Crippen LogP contribution in [0, 0.1) is 0 Å². The van der Waals surface area contributed by atoms with E-state index in [-0.39, 0.29) is 12.3 Å². The Balaban J connectivity index is 1.44. The van der Waals surface area contributed by atoms with Crippen molar-refractivity contribution in [2.45, 2.75) is 25.7 Å². The number of nitrogens with one attached hydrogen (secondary N) is 1. The van der Waals surface area contributed by atoms with Crippen LogP contribution in [0.3, 0.4) is 0 Å². The van der Waals surface area contributed by atoms with Gasteiger partial charge in [0.05, 0.1) is 14.2 Å². The number of hydrogen-bond acceptors (Lipinski definition) is 7. The van der Waals surface area contributed by atoms with Gasteiger partial charge in [-0.3, -0.25) is 4.79 Å². The van der Waals surface area contributed by atoms with E-state index in [1.807, 2.05) is 12.1 Å². The van der Waals surface area contributed by atoms with Gasteiger partial charge in [-0.25, -0.2) is 0 Å². The fourth-order valence-corrected chi connectivity index (χ4v) is 3.42. The first-order valence-electron chi connectivity index (χ1n) is 9.65. The molecule has 4 rings (SSSR count). The zero-order valence-corrected chi connectivity index (χ0v) is 16.6. The first-order chi connectivity index (χ1) is 14.2. The maximum absolute atomic E-state index is 12.4. The number of hydrogen-bond donors (Lipinski definition) is 1. The summed E-state index contributed by atoms with van der Waals surface area (Å²) < 4.78 is 12.2. The first-order valence-corrected chi connectivity index (χ1v) is 9.65. The molecule has 0 unspecified atom stereocenters. The molecular weight excluding hydrogens is 372 g/mol. The van der Waals surface area contributed by atoms with E-state index in [4.69, 9.17) is 9.47 Å². The minimum atomic E-state index is -0.132. The smallest absolute Gasteiger partial charge is 0.224 e. The second-order valence-corrected chi connectivity index (χ2v) is 6.92. The summed E-state index contributed by atoms with van der Waals surface area (Å²) in [4.78, 5) is 14.7. The molecule has 1 aliphatic heterocycles. The SMILES string of the molecule is COc1cc(NC(=O)CCc2nnc3ccc(N4CCCC4)nn23)cc(OC)c1. The van der Waals surface area contributed by atoms with Gasteiger partial charge in [0.1, 0.15) is 17.3 Å². The van der Waals surface area contributed by atoms with E-state index >= 15 is 0 Å². The number of aryl methyl sites for hydroxylation is 1. The van der Waals surface area contributed by atoms with Crippen molar-refractivity contribution in [1.82, 2.24) is 19.8 Å². The highest BCUT2D eigenvalue weighted by molar-refractivity contribution is 5.91. The van der Waals surface area contributed by atoms with Gasteiger partial charge in [-0.05, 0) is 25.0 Å². The van der Waals surface area contributed by atoms with Crippen LogP contribution in [0.15, 0.2) is 30.3 Å². The fraction of sp³-hybridized carbons (Fsp3) is 0.400. The predicted octanol–water partition coefficient (Wildman–Crippen LogP) is 2.31. The Morgan fingerprint density at radius 3 is 2.48 bits per heavy atom. The third kappa shape index (κ3) is 4.23. The molecule has 0 saturated carbocycles. The second-order valence-electron chi connectivity index (χ2n) is 6.92. The van der Waals surface area contributed by atoms with E-state index in [1.165, 1.54) is 12.8 Å². The summed E-state index contributed by atoms with van der Waals surface area (Å²) >= 11 is 0. The molecule has 1 saturated heterocycles. The van der Waals surface area contributed by atoms with Crippen LogP contribution in [-0.2, 0) is 11.2 Å². The van der Waals surface area contributed by atoms with Gasteiger partial charge >= 0.3 is 0 Å². The topological polar surface area (TPSA) is 93.9 Å². The van der Waals surface area contributed by atoms with E-state index in [2.05, 4.69) is 25.5 Å². The monoisotopic (exact) mass is 396 g/mol. The Morgan fingerprint density at radius 2 is 1.79 bits per heavy atom. The van der Waals surface area contributed by atoms with Crippen molar-refractivity contribution in [2.24, 2.45) is 0 Å². The summed E-state index contributed by atoms with van der Waals surface area (Å²) in [6, 6.07) is 9.14. The van der Waals surface area contributed by atoms with Crippen molar-refractivity contribution in [2.75, 3.05) is 37.5 Å². The molecule has 1 fully saturated rings. The number of aromatic nitrogens is 4. The zero-order chi connectivity index (χ0) is 20.2. The summed E-state index contributed by atoms with van der Waals surface area (Å²) in [5.74, 6) is 2.68. The molecule has 9 nitrogen and oxygen atoms in total. The molecule has 152 valence electrons. The molecule has 0 aliphatic carbocycles. The lowest BCUT2D eigenvalue weighted by atomic mass is 10.2. The summed E-state index contributed by atoms with van der Waals surface area (Å²) in [6.45, 7) is 2.03. The van der Waals surface area contributed by atoms with Crippen molar-refractivity contribution in [3.63, 3.8) is 0 Å². The van der Waals surface area contributed by atoms with Crippen molar-refractivity contribution >= 4 is 23.1 Å². The van der Waals surface area contributed by atoms with Crippen LogP contribution in [0.5, 0.6) is 11.5 Å². The maximum Gasteiger partial charge on any atom is 0.224 e. The molecule has 2 aromatic heterocycles. The number of fused-ring (bicyclic) bond motifs is 1. The average molecular weight is 396 g/mol. The number of anilines is 2. The Kier molecular flexibility index (Phi) is 5.46. The van der Waals surface area contributed by atoms with Gasteiger partial charge in [-0.15, -0.1) is 15.3 Å². The van der Waals surface area contributed by atoms with E-state index in [0.29, 0.717) is 35.1 Å². The van der Waals surface area contributed by atoms with Gasteiger partial charge < -0.3 is 19.7 Å². The third-order valence-corrected chi connectivity index (χ3v) is 4.95. The highest BCUT2D eigenvalue weighted by Gasteiger charge is 2.16. The molecule has 1 aromatic carbocycles. The molecule has 9 heteroatoms. The normalized spacial score (nSPS) is 13.7. The molecule has 1 aliphatic rings. The van der Waals surface area contributed by atoms with Crippen LogP contribution < -0.4 is 19.7 Å². The number of amides is 1. The summed E-state index contributed by atoms with van der Waals surface area (Å²) in [6.07, 6.45) is 3.06. The molecule has 0 bridgehead atoms. The predicted molar refractivity (Wildman–Crippen MR) is 109 cm³/mol. The molecule has 1 N–H and O–H groups in total. The van der Waals surface area contributed by atoms with Crippen molar-refractivity contribution < 1.29 is 14.3 Å². The number of methoxy groups -OCH3 is 2. The van der Waals surface area contributed by atoms with E-state index in [9.17, 15) is 4.79 Å². The number of carbonyl (C=O) groups is 1. The van der Waals surface area contributed by atoms with Gasteiger partial charge in [-0.1, -0.05) is 0 Å². The zero-order valence-electron chi connectivity index (χ0n) is 16.6. The summed E-state index contributed by atoms with van der Waals surface area (Å²) in [7, 11) is 3.14. The summed E-state index contributed by atoms with van der Waals surface area (Å²) in [5.41, 5.74) is 1.30. The molecule has 1 amide bonds. The van der Waals surface area contributed by atoms with Crippen LogP contribution in [0.2, 0.25) is 0 Å². The Bertz CT molecular complexity index is 990. The highest BCUT2D eigenvalue weighted by Crippen LogP contribution is 2.26. The molecular formula is C20H24N6O3. The van der Waals surface area contributed by atoms with Crippen LogP contribution in [0.1, 0.15) is 25.1 Å². The minimum Gasteiger partial charge on any atom is -0.497 e. The van der Waals surface area contributed by atoms with Gasteiger partial charge in [0.2, 0.25) is 5.91 Å². The highest BCUT2D eigenvalue weighted by atomic mass is 16.5. The molecule has 29 heavy (non-hydrogen) atoms. The number of ether oxygens (including phenoxy) is 2. The minimum absolute atomic E-state index is 0.132. The lowest BCUT2D eigenvalue weighted by Gasteiger charge is -2.15. The number of benzene rings is 1. The van der Waals surface area contributed by atoms with Gasteiger partial charge in [0.25, 0.3) is 0 Å². The molecule has 3 aromatic rings. The van der Waals surface area contributed by atoms with Crippen LogP contribution >= 0.6 is 0 Å². The largest absolute Gasteiger partial charge is 0.497 e. The third-order valence-electron chi connectivity index (χ3n) is 4.95. The second kappa shape index (κ2) is 8.34. The number of rotatable bonds is 7. The van der Waals surface area contributed by atoms with Gasteiger partial charge in [-0.2, -0.15) is 4.52 Å². The molecule has 0 spiro atoms. The first kappa shape index (κ1) is 19.0. The van der Waals surface area contributed by atoms with E-state index < -0.39 is 0 Å². The van der Waals surface area contributed by atoms with Crippen molar-refractivity contribution in [3.8, 4) is 11.5 Å². The number of carbonyl (C=O) groups excluding carboxylic acids is 1. The Labute approximate surface area is 168 Å². The van der Waals surface area contributed by atoms with Gasteiger partial charge in [0, 0.05) is 49.8 Å². The Morgan fingerprint density at radius 1 is 1.07 bits per heavy atom. The molecule has 0 atom stereocenters. The quantitative estimate of drug-likeness (QED) is 0.655. The van der Waals surface area contributed by atoms with Crippen LogP contribution in [-0.4, -0.2) is 53.0 Å². The maximum atomic E-state index is 12.4. The fourth-order valence-electron chi connectivity index (χ4n) is 3.42. The van der Waals surface area contributed by atoms with E-state index in [0.717, 1.165) is 18.9 Å². The molecule has 0 radical (unpaired) electrons. The lowest BCUT2D eigenvalue weighted by Crippen LogP contribution is -2.20.